The lowest BCUT2D eigenvalue weighted by molar-refractivity contribution is 0.454. The Morgan fingerprint density at radius 1 is 1.33 bits per heavy atom. The summed E-state index contributed by atoms with van der Waals surface area (Å²) in [4.78, 5) is 8.42. The van der Waals surface area contributed by atoms with Gasteiger partial charge in [-0.05, 0) is 35.9 Å². The van der Waals surface area contributed by atoms with E-state index in [2.05, 4.69) is 35.2 Å². The molecule has 2 heterocycles. The van der Waals surface area contributed by atoms with Crippen LogP contribution < -0.4 is 5.32 Å². The Morgan fingerprint density at radius 3 is 2.83 bits per heavy atom. The van der Waals surface area contributed by atoms with Crippen molar-refractivity contribution in [3.63, 3.8) is 0 Å². The molecule has 0 saturated heterocycles. The molecule has 2 aromatic rings. The molecule has 0 radical (unpaired) electrons. The van der Waals surface area contributed by atoms with E-state index in [9.17, 15) is 0 Å². The van der Waals surface area contributed by atoms with E-state index < -0.39 is 0 Å². The van der Waals surface area contributed by atoms with E-state index in [1.54, 1.807) is 12.5 Å². The average Bonchev–Trinajstić information content (AvgIpc) is 2.84. The fourth-order valence-electron chi connectivity index (χ4n) is 1.43. The third-order valence-corrected chi connectivity index (χ3v) is 3.11. The number of oxazole rings is 1. The fourth-order valence-corrected chi connectivity index (χ4v) is 2.07. The molecule has 5 heteroatoms. The van der Waals surface area contributed by atoms with Gasteiger partial charge >= 0.3 is 0 Å². The maximum Gasteiger partial charge on any atom is 0.261 e. The summed E-state index contributed by atoms with van der Waals surface area (Å²) in [6.07, 6.45) is 5.08. The molecule has 0 saturated carbocycles. The van der Waals surface area contributed by atoms with Crippen LogP contribution in [0, 0.1) is 5.92 Å². The lowest BCUT2D eigenvalue weighted by Gasteiger charge is -2.07. The average molecular weight is 263 g/mol. The Labute approximate surface area is 111 Å². The smallest absolute Gasteiger partial charge is 0.261 e. The van der Waals surface area contributed by atoms with Crippen LogP contribution in [-0.4, -0.2) is 16.5 Å². The molecule has 0 spiro atoms. The molecule has 2 aromatic heterocycles. The number of nitrogens with one attached hydrogen (secondary N) is 1. The van der Waals surface area contributed by atoms with Gasteiger partial charge < -0.3 is 9.73 Å². The second-order valence-corrected chi connectivity index (χ2v) is 5.40. The fraction of sp³-hybridized carbons (Fsp3) is 0.385. The lowest BCUT2D eigenvalue weighted by Crippen LogP contribution is -2.18. The van der Waals surface area contributed by atoms with E-state index in [0.29, 0.717) is 11.1 Å². The van der Waals surface area contributed by atoms with Crippen molar-refractivity contribution < 1.29 is 4.42 Å². The standard InChI is InChI=1S/C13H17N3OS/c1-10(2)7-14-8-11-3-4-12(16-9-11)18-13-15-5-6-17-13/h3-6,9-10,14H,7-8H2,1-2H3. The van der Waals surface area contributed by atoms with E-state index >= 15 is 0 Å². The van der Waals surface area contributed by atoms with E-state index in [1.165, 1.54) is 17.3 Å². The number of hydrogen-bond acceptors (Lipinski definition) is 5. The molecule has 1 N–H and O–H groups in total. The first kappa shape index (κ1) is 13.1. The number of nitrogens with zero attached hydrogens (tertiary/aromatic N) is 2. The Balaban J connectivity index is 1.85. The molecule has 0 bridgehead atoms. The van der Waals surface area contributed by atoms with Crippen LogP contribution in [0.15, 0.2) is 45.5 Å². The maximum atomic E-state index is 5.16. The van der Waals surface area contributed by atoms with Gasteiger partial charge in [-0.2, -0.15) is 0 Å². The number of hydrogen-bond donors (Lipinski definition) is 1. The van der Waals surface area contributed by atoms with Crippen LogP contribution in [0.4, 0.5) is 0 Å². The highest BCUT2D eigenvalue weighted by Crippen LogP contribution is 2.23. The largest absolute Gasteiger partial charge is 0.440 e. The van der Waals surface area contributed by atoms with Crippen molar-refractivity contribution in [3.05, 3.63) is 36.4 Å². The molecule has 4 nitrogen and oxygen atoms in total. The SMILES string of the molecule is CC(C)CNCc1ccc(Sc2ncco2)nc1. The third kappa shape index (κ3) is 4.16. The van der Waals surface area contributed by atoms with Crippen LogP contribution in [-0.2, 0) is 6.54 Å². The maximum absolute atomic E-state index is 5.16. The van der Waals surface area contributed by atoms with Crippen molar-refractivity contribution in [3.8, 4) is 0 Å². The molecule has 0 aliphatic rings. The summed E-state index contributed by atoms with van der Waals surface area (Å²) in [5.41, 5.74) is 1.19. The van der Waals surface area contributed by atoms with Crippen LogP contribution in [0.1, 0.15) is 19.4 Å². The zero-order chi connectivity index (χ0) is 12.8. The van der Waals surface area contributed by atoms with Gasteiger partial charge in [0.15, 0.2) is 0 Å². The van der Waals surface area contributed by atoms with Crippen molar-refractivity contribution >= 4 is 11.8 Å². The Kier molecular flexibility index (Phi) is 4.78. The minimum Gasteiger partial charge on any atom is -0.440 e. The highest BCUT2D eigenvalue weighted by molar-refractivity contribution is 7.99. The minimum atomic E-state index is 0.619. The summed E-state index contributed by atoms with van der Waals surface area (Å²) < 4.78 is 5.16. The molecule has 96 valence electrons. The Hall–Kier alpha value is -1.33. The molecule has 18 heavy (non-hydrogen) atoms. The van der Waals surface area contributed by atoms with Crippen LogP contribution in [0.25, 0.3) is 0 Å². The van der Waals surface area contributed by atoms with Crippen molar-refractivity contribution in [2.45, 2.75) is 30.6 Å². The number of pyridine rings is 1. The second-order valence-electron chi connectivity index (χ2n) is 4.43. The highest BCUT2D eigenvalue weighted by atomic mass is 32.2. The third-order valence-electron chi connectivity index (χ3n) is 2.28. The Morgan fingerprint density at radius 2 is 2.22 bits per heavy atom. The first-order valence-electron chi connectivity index (χ1n) is 5.97. The zero-order valence-electron chi connectivity index (χ0n) is 10.6. The highest BCUT2D eigenvalue weighted by Gasteiger charge is 2.03. The summed E-state index contributed by atoms with van der Waals surface area (Å²) in [5.74, 6) is 0.665. The van der Waals surface area contributed by atoms with Gasteiger partial charge in [0.2, 0.25) is 0 Å². The molecule has 0 aliphatic carbocycles. The number of aromatic nitrogens is 2. The molecule has 0 aromatic carbocycles. The summed E-state index contributed by atoms with van der Waals surface area (Å²) in [6.45, 7) is 6.27. The molecular formula is C13H17N3OS. The van der Waals surface area contributed by atoms with Gasteiger partial charge in [-0.3, -0.25) is 0 Å². The monoisotopic (exact) mass is 263 g/mol. The zero-order valence-corrected chi connectivity index (χ0v) is 11.4. The van der Waals surface area contributed by atoms with Gasteiger partial charge in [-0.1, -0.05) is 19.9 Å². The van der Waals surface area contributed by atoms with Crippen molar-refractivity contribution in [2.75, 3.05) is 6.54 Å². The first-order valence-corrected chi connectivity index (χ1v) is 6.78. The van der Waals surface area contributed by atoms with E-state index in [-0.39, 0.29) is 0 Å². The summed E-state index contributed by atoms with van der Waals surface area (Å²) in [6, 6.07) is 4.06. The molecule has 0 atom stereocenters. The quantitative estimate of drug-likeness (QED) is 0.868. The van der Waals surface area contributed by atoms with Crippen LogP contribution >= 0.6 is 11.8 Å². The van der Waals surface area contributed by atoms with Crippen molar-refractivity contribution in [2.24, 2.45) is 5.92 Å². The number of rotatable bonds is 6. The van der Waals surface area contributed by atoms with Gasteiger partial charge in [0.25, 0.3) is 5.22 Å². The van der Waals surface area contributed by atoms with Crippen molar-refractivity contribution in [1.29, 1.82) is 0 Å². The molecule has 0 amide bonds. The van der Waals surface area contributed by atoms with Gasteiger partial charge in [0, 0.05) is 12.7 Å². The molecule has 2 rings (SSSR count). The predicted octanol–water partition coefficient (Wildman–Crippen LogP) is 2.97. The molecule has 0 unspecified atom stereocenters. The van der Waals surface area contributed by atoms with E-state index in [0.717, 1.165) is 18.1 Å². The van der Waals surface area contributed by atoms with Gasteiger partial charge in [0.1, 0.15) is 11.3 Å². The summed E-state index contributed by atoms with van der Waals surface area (Å²) >= 11 is 1.42. The van der Waals surface area contributed by atoms with Gasteiger partial charge in [0.05, 0.1) is 6.20 Å². The first-order chi connectivity index (χ1) is 8.74. The van der Waals surface area contributed by atoms with E-state index in [1.807, 2.05) is 12.3 Å². The normalized spacial score (nSPS) is 11.1. The van der Waals surface area contributed by atoms with Crippen LogP contribution in [0.2, 0.25) is 0 Å². The topological polar surface area (TPSA) is 51.0 Å². The predicted molar refractivity (Wildman–Crippen MR) is 71.4 cm³/mol. The summed E-state index contributed by atoms with van der Waals surface area (Å²) in [5, 5.41) is 4.90. The lowest BCUT2D eigenvalue weighted by atomic mass is 10.2. The molecular weight excluding hydrogens is 246 g/mol. The van der Waals surface area contributed by atoms with E-state index in [4.69, 9.17) is 4.42 Å². The molecule has 0 fully saturated rings. The van der Waals surface area contributed by atoms with Gasteiger partial charge in [-0.25, -0.2) is 9.97 Å². The van der Waals surface area contributed by atoms with Crippen molar-refractivity contribution in [1.82, 2.24) is 15.3 Å². The van der Waals surface area contributed by atoms with Crippen LogP contribution in [0.5, 0.6) is 0 Å². The minimum absolute atomic E-state index is 0.619. The molecule has 0 aliphatic heterocycles. The second kappa shape index (κ2) is 6.56. The Bertz CT molecular complexity index is 454. The summed E-state index contributed by atoms with van der Waals surface area (Å²) in [7, 11) is 0. The van der Waals surface area contributed by atoms with Crippen LogP contribution in [0.3, 0.4) is 0 Å². The van der Waals surface area contributed by atoms with Gasteiger partial charge in [-0.15, -0.1) is 0 Å².